The van der Waals surface area contributed by atoms with Crippen molar-refractivity contribution in [1.29, 1.82) is 0 Å². The van der Waals surface area contributed by atoms with Crippen molar-refractivity contribution in [2.24, 2.45) is 0 Å². The van der Waals surface area contributed by atoms with Gasteiger partial charge in [0, 0.05) is 49.9 Å². The molecule has 1 fully saturated rings. The normalized spacial score (nSPS) is 20.6. The van der Waals surface area contributed by atoms with Gasteiger partial charge in [-0.25, -0.2) is 0 Å². The van der Waals surface area contributed by atoms with Gasteiger partial charge in [0.25, 0.3) is 0 Å². The Kier molecular flexibility index (Phi) is 3.23. The number of hydrogen-bond acceptors (Lipinski definition) is 4. The summed E-state index contributed by atoms with van der Waals surface area (Å²) >= 11 is 0. The Morgan fingerprint density at radius 3 is 3.04 bits per heavy atom. The van der Waals surface area contributed by atoms with Crippen LogP contribution in [0.5, 0.6) is 0 Å². The Balaban J connectivity index is 1.74. The van der Waals surface area contributed by atoms with Gasteiger partial charge in [0.1, 0.15) is 0 Å². The molecule has 0 unspecified atom stereocenters. The lowest BCUT2D eigenvalue weighted by atomic mass is 9.89. The summed E-state index contributed by atoms with van der Waals surface area (Å²) in [6, 6.07) is 4.19. The van der Waals surface area contributed by atoms with E-state index in [4.69, 9.17) is 6.42 Å². The summed E-state index contributed by atoms with van der Waals surface area (Å²) in [5, 5.41) is 4.33. The van der Waals surface area contributed by atoms with Crippen LogP contribution in [0.25, 0.3) is 5.70 Å². The molecule has 2 aliphatic rings. The standard InChI is InChI=1S/C18H16N4O/c1-2-15-17(23)10-13-11-19-7-4-16(13)18(15)21-9-5-14(12-21)22-8-3-6-20-22/h1,3-4,6-8,11,14H,5,9-10,12H2/t14-/m1/s1. The summed E-state index contributed by atoms with van der Waals surface area (Å²) in [6.45, 7) is 1.66. The van der Waals surface area contributed by atoms with Crippen LogP contribution in [0, 0.1) is 12.3 Å². The van der Waals surface area contributed by atoms with Crippen molar-refractivity contribution in [2.45, 2.75) is 18.9 Å². The number of allylic oxidation sites excluding steroid dienone is 1. The Bertz CT molecular complexity index is 829. The monoisotopic (exact) mass is 304 g/mol. The summed E-state index contributed by atoms with van der Waals surface area (Å²) < 4.78 is 1.98. The van der Waals surface area contributed by atoms with E-state index in [1.54, 1.807) is 18.6 Å². The lowest BCUT2D eigenvalue weighted by Crippen LogP contribution is -2.27. The number of terminal acetylenes is 1. The van der Waals surface area contributed by atoms with Gasteiger partial charge in [0.15, 0.2) is 5.78 Å². The molecule has 0 radical (unpaired) electrons. The molecule has 4 rings (SSSR count). The number of carbonyl (C=O) groups is 1. The molecule has 0 bridgehead atoms. The SMILES string of the molecule is C#CC1=C(N2CC[C@@H](n3cccn3)C2)c2ccncc2CC1=O. The second kappa shape index (κ2) is 5.40. The smallest absolute Gasteiger partial charge is 0.177 e. The predicted octanol–water partition coefficient (Wildman–Crippen LogP) is 1.69. The number of Topliss-reactive ketones (excluding diaryl/α,β-unsaturated/α-hetero) is 1. The summed E-state index contributed by atoms with van der Waals surface area (Å²) in [5.74, 6) is 2.62. The van der Waals surface area contributed by atoms with Crippen molar-refractivity contribution in [3.05, 3.63) is 53.6 Å². The molecule has 0 aromatic carbocycles. The van der Waals surface area contributed by atoms with E-state index < -0.39 is 0 Å². The van der Waals surface area contributed by atoms with Crippen molar-refractivity contribution < 1.29 is 4.79 Å². The molecule has 2 aromatic heterocycles. The van der Waals surface area contributed by atoms with Crippen LogP contribution in [0.1, 0.15) is 23.6 Å². The van der Waals surface area contributed by atoms with Gasteiger partial charge in [-0.3, -0.25) is 14.5 Å². The van der Waals surface area contributed by atoms with Crippen LogP contribution >= 0.6 is 0 Å². The molecule has 5 heteroatoms. The number of ketones is 1. The maximum Gasteiger partial charge on any atom is 0.177 e. The van der Waals surface area contributed by atoms with Crippen molar-refractivity contribution >= 4 is 11.5 Å². The van der Waals surface area contributed by atoms with Gasteiger partial charge in [-0.05, 0) is 24.1 Å². The Morgan fingerprint density at radius 1 is 1.35 bits per heavy atom. The number of carbonyl (C=O) groups excluding carboxylic acids is 1. The van der Waals surface area contributed by atoms with Crippen LogP contribution in [0.2, 0.25) is 0 Å². The lowest BCUT2D eigenvalue weighted by Gasteiger charge is -2.28. The van der Waals surface area contributed by atoms with Gasteiger partial charge in [-0.15, -0.1) is 6.42 Å². The van der Waals surface area contributed by atoms with E-state index in [2.05, 4.69) is 20.9 Å². The van der Waals surface area contributed by atoms with E-state index in [0.29, 0.717) is 18.0 Å². The molecule has 0 amide bonds. The molecule has 23 heavy (non-hydrogen) atoms. The quantitative estimate of drug-likeness (QED) is 0.792. The molecular weight excluding hydrogens is 288 g/mol. The van der Waals surface area contributed by atoms with Crippen molar-refractivity contribution in [2.75, 3.05) is 13.1 Å². The minimum atomic E-state index is 0.00513. The average Bonchev–Trinajstić information content (AvgIpc) is 3.24. The number of fused-ring (bicyclic) bond motifs is 1. The van der Waals surface area contributed by atoms with Crippen molar-refractivity contribution in [1.82, 2.24) is 19.7 Å². The molecule has 2 aromatic rings. The molecule has 3 heterocycles. The highest BCUT2D eigenvalue weighted by Crippen LogP contribution is 2.35. The minimum absolute atomic E-state index is 0.00513. The number of pyridine rings is 1. The van der Waals surface area contributed by atoms with Gasteiger partial charge in [0.2, 0.25) is 0 Å². The van der Waals surface area contributed by atoms with Crippen LogP contribution in [0.4, 0.5) is 0 Å². The van der Waals surface area contributed by atoms with Crippen LogP contribution in [0.15, 0.2) is 42.5 Å². The van der Waals surface area contributed by atoms with E-state index in [0.717, 1.165) is 36.3 Å². The maximum atomic E-state index is 12.4. The second-order valence-electron chi connectivity index (χ2n) is 5.88. The third kappa shape index (κ3) is 2.23. The Labute approximate surface area is 134 Å². The van der Waals surface area contributed by atoms with E-state index in [-0.39, 0.29) is 5.78 Å². The van der Waals surface area contributed by atoms with Gasteiger partial charge < -0.3 is 4.90 Å². The third-order valence-corrected chi connectivity index (χ3v) is 4.55. The topological polar surface area (TPSA) is 51.0 Å². The number of likely N-dealkylation sites (tertiary alicyclic amines) is 1. The number of hydrogen-bond donors (Lipinski definition) is 0. The van der Waals surface area contributed by atoms with Crippen LogP contribution in [-0.4, -0.2) is 38.5 Å². The zero-order chi connectivity index (χ0) is 15.8. The highest BCUT2D eigenvalue weighted by molar-refractivity contribution is 6.10. The molecule has 0 spiro atoms. The lowest BCUT2D eigenvalue weighted by molar-refractivity contribution is -0.114. The van der Waals surface area contributed by atoms with E-state index >= 15 is 0 Å². The first-order chi connectivity index (χ1) is 11.3. The van der Waals surface area contributed by atoms with E-state index in [9.17, 15) is 4.79 Å². The zero-order valence-electron chi connectivity index (χ0n) is 12.6. The van der Waals surface area contributed by atoms with Crippen LogP contribution in [-0.2, 0) is 11.2 Å². The van der Waals surface area contributed by atoms with Crippen LogP contribution < -0.4 is 0 Å². The maximum absolute atomic E-state index is 12.4. The van der Waals surface area contributed by atoms with Gasteiger partial charge in [0.05, 0.1) is 17.3 Å². The summed E-state index contributed by atoms with van der Waals surface area (Å²) in [6.07, 6.45) is 14.3. The Hall–Kier alpha value is -2.87. The van der Waals surface area contributed by atoms with Crippen molar-refractivity contribution in [3.63, 3.8) is 0 Å². The molecule has 1 saturated heterocycles. The fourth-order valence-electron chi connectivity index (χ4n) is 3.46. The molecule has 1 atom stereocenters. The van der Waals surface area contributed by atoms with Crippen molar-refractivity contribution in [3.8, 4) is 12.3 Å². The zero-order valence-corrected chi connectivity index (χ0v) is 12.6. The van der Waals surface area contributed by atoms with Crippen LogP contribution in [0.3, 0.4) is 0 Å². The number of rotatable bonds is 2. The molecular formula is C18H16N4O. The number of nitrogens with zero attached hydrogens (tertiary/aromatic N) is 4. The highest BCUT2D eigenvalue weighted by Gasteiger charge is 2.32. The highest BCUT2D eigenvalue weighted by atomic mass is 16.1. The fourth-order valence-corrected chi connectivity index (χ4v) is 3.46. The fraction of sp³-hybridized carbons (Fsp3) is 0.278. The minimum Gasteiger partial charge on any atom is -0.368 e. The molecule has 114 valence electrons. The third-order valence-electron chi connectivity index (χ3n) is 4.55. The summed E-state index contributed by atoms with van der Waals surface area (Å²) in [5.41, 5.74) is 3.36. The van der Waals surface area contributed by atoms with E-state index in [1.807, 2.05) is 23.0 Å². The summed E-state index contributed by atoms with van der Waals surface area (Å²) in [4.78, 5) is 18.8. The number of aromatic nitrogens is 3. The predicted molar refractivity (Wildman–Crippen MR) is 86.2 cm³/mol. The first kappa shape index (κ1) is 13.8. The Morgan fingerprint density at radius 2 is 2.26 bits per heavy atom. The summed E-state index contributed by atoms with van der Waals surface area (Å²) in [7, 11) is 0. The van der Waals surface area contributed by atoms with E-state index in [1.165, 1.54) is 0 Å². The van der Waals surface area contributed by atoms with Gasteiger partial charge >= 0.3 is 0 Å². The van der Waals surface area contributed by atoms with Gasteiger partial charge in [-0.2, -0.15) is 5.10 Å². The molecule has 0 saturated carbocycles. The molecule has 0 N–H and O–H groups in total. The molecule has 1 aliphatic heterocycles. The molecule has 5 nitrogen and oxygen atoms in total. The second-order valence-corrected chi connectivity index (χ2v) is 5.88. The molecule has 1 aliphatic carbocycles. The largest absolute Gasteiger partial charge is 0.368 e. The average molecular weight is 304 g/mol. The first-order valence-corrected chi connectivity index (χ1v) is 7.69. The first-order valence-electron chi connectivity index (χ1n) is 7.69. The van der Waals surface area contributed by atoms with Gasteiger partial charge in [-0.1, -0.05) is 5.92 Å².